The minimum absolute atomic E-state index is 0.327. The monoisotopic (exact) mass is 340 g/mol. The maximum atomic E-state index is 4.64. The van der Waals surface area contributed by atoms with E-state index in [2.05, 4.69) is 57.0 Å². The molecule has 0 aromatic carbocycles. The highest BCUT2D eigenvalue weighted by Crippen LogP contribution is 2.31. The van der Waals surface area contributed by atoms with E-state index in [9.17, 15) is 0 Å². The SMILES string of the molecule is CCNc1nc(-c2csc(C)n2)nc(C(C)C)c1Br. The molecule has 0 saturated heterocycles. The topological polar surface area (TPSA) is 50.7 Å². The van der Waals surface area contributed by atoms with Crippen molar-refractivity contribution >= 4 is 33.1 Å². The first kappa shape index (κ1) is 14.4. The number of hydrogen-bond acceptors (Lipinski definition) is 5. The van der Waals surface area contributed by atoms with Crippen molar-refractivity contribution in [3.8, 4) is 11.5 Å². The van der Waals surface area contributed by atoms with Crippen LogP contribution < -0.4 is 5.32 Å². The third-order valence-electron chi connectivity index (χ3n) is 2.62. The lowest BCUT2D eigenvalue weighted by atomic mass is 10.1. The van der Waals surface area contributed by atoms with Gasteiger partial charge in [-0.05, 0) is 35.7 Å². The number of halogens is 1. The van der Waals surface area contributed by atoms with Crippen molar-refractivity contribution in [2.45, 2.75) is 33.6 Å². The third-order valence-corrected chi connectivity index (χ3v) is 4.17. The Morgan fingerprint density at radius 1 is 1.32 bits per heavy atom. The van der Waals surface area contributed by atoms with Crippen molar-refractivity contribution in [2.75, 3.05) is 11.9 Å². The van der Waals surface area contributed by atoms with Gasteiger partial charge in [-0.3, -0.25) is 0 Å². The van der Waals surface area contributed by atoms with E-state index in [-0.39, 0.29) is 0 Å². The van der Waals surface area contributed by atoms with Crippen LogP contribution in [-0.2, 0) is 0 Å². The summed E-state index contributed by atoms with van der Waals surface area (Å²) in [6.07, 6.45) is 0. The largest absolute Gasteiger partial charge is 0.369 e. The van der Waals surface area contributed by atoms with E-state index < -0.39 is 0 Å². The number of nitrogens with one attached hydrogen (secondary N) is 1. The zero-order valence-electron chi connectivity index (χ0n) is 11.5. The highest BCUT2D eigenvalue weighted by Gasteiger charge is 2.16. The van der Waals surface area contributed by atoms with Gasteiger partial charge in [0, 0.05) is 11.9 Å². The van der Waals surface area contributed by atoms with Crippen LogP contribution in [0.25, 0.3) is 11.5 Å². The van der Waals surface area contributed by atoms with Gasteiger partial charge in [0.15, 0.2) is 5.82 Å². The fourth-order valence-corrected chi connectivity index (χ4v) is 3.08. The van der Waals surface area contributed by atoms with Crippen LogP contribution >= 0.6 is 27.3 Å². The van der Waals surface area contributed by atoms with E-state index in [1.54, 1.807) is 11.3 Å². The van der Waals surface area contributed by atoms with Crippen LogP contribution in [0.2, 0.25) is 0 Å². The summed E-state index contributed by atoms with van der Waals surface area (Å²) in [7, 11) is 0. The maximum Gasteiger partial charge on any atom is 0.181 e. The molecule has 0 unspecified atom stereocenters. The molecule has 0 aliphatic carbocycles. The van der Waals surface area contributed by atoms with Crippen LogP contribution in [0, 0.1) is 6.92 Å². The molecule has 1 N–H and O–H groups in total. The Balaban J connectivity index is 2.55. The predicted octanol–water partition coefficient (Wildman–Crippen LogP) is 4.23. The van der Waals surface area contributed by atoms with E-state index >= 15 is 0 Å². The van der Waals surface area contributed by atoms with Gasteiger partial charge in [-0.2, -0.15) is 0 Å². The minimum Gasteiger partial charge on any atom is -0.369 e. The van der Waals surface area contributed by atoms with Crippen molar-refractivity contribution in [3.63, 3.8) is 0 Å². The van der Waals surface area contributed by atoms with Crippen LogP contribution in [-0.4, -0.2) is 21.5 Å². The molecule has 2 rings (SSSR count). The Labute approximate surface area is 125 Å². The first-order valence-electron chi connectivity index (χ1n) is 6.26. The van der Waals surface area contributed by atoms with E-state index in [0.29, 0.717) is 11.7 Å². The second kappa shape index (κ2) is 5.96. The summed E-state index contributed by atoms with van der Waals surface area (Å²) in [5.41, 5.74) is 1.85. The van der Waals surface area contributed by atoms with Gasteiger partial charge in [-0.25, -0.2) is 15.0 Å². The summed E-state index contributed by atoms with van der Waals surface area (Å²) in [5.74, 6) is 1.85. The van der Waals surface area contributed by atoms with Crippen molar-refractivity contribution < 1.29 is 0 Å². The van der Waals surface area contributed by atoms with Gasteiger partial charge in [0.2, 0.25) is 0 Å². The molecule has 2 aromatic rings. The standard InChI is InChI=1S/C13H17BrN4S/c1-5-15-13-10(14)11(7(2)3)17-12(18-13)9-6-19-8(4)16-9/h6-7H,5H2,1-4H3,(H,15,17,18). The second-order valence-corrected chi connectivity index (χ2v) is 6.39. The van der Waals surface area contributed by atoms with E-state index in [1.165, 1.54) is 0 Å². The molecule has 0 atom stereocenters. The number of nitrogens with zero attached hydrogens (tertiary/aromatic N) is 3. The molecule has 6 heteroatoms. The molecule has 2 heterocycles. The Morgan fingerprint density at radius 3 is 2.58 bits per heavy atom. The van der Waals surface area contributed by atoms with Gasteiger partial charge in [0.1, 0.15) is 11.5 Å². The van der Waals surface area contributed by atoms with Crippen LogP contribution in [0.1, 0.15) is 37.4 Å². The Kier molecular flexibility index (Phi) is 4.52. The fraction of sp³-hybridized carbons (Fsp3) is 0.462. The van der Waals surface area contributed by atoms with Crippen LogP contribution in [0.4, 0.5) is 5.82 Å². The number of hydrogen-bond donors (Lipinski definition) is 1. The summed E-state index contributed by atoms with van der Waals surface area (Å²) >= 11 is 5.20. The molecule has 0 fully saturated rings. The lowest BCUT2D eigenvalue weighted by molar-refractivity contribution is 0.808. The number of thiazole rings is 1. The highest BCUT2D eigenvalue weighted by molar-refractivity contribution is 9.10. The third kappa shape index (κ3) is 3.12. The summed E-state index contributed by atoms with van der Waals surface area (Å²) in [6.45, 7) is 9.11. The average Bonchev–Trinajstić information content (AvgIpc) is 2.78. The summed E-state index contributed by atoms with van der Waals surface area (Å²) in [4.78, 5) is 13.7. The molecule has 0 amide bonds. The van der Waals surface area contributed by atoms with Crippen molar-refractivity contribution in [1.82, 2.24) is 15.0 Å². The number of anilines is 1. The fourth-order valence-electron chi connectivity index (χ4n) is 1.71. The minimum atomic E-state index is 0.327. The van der Waals surface area contributed by atoms with Gasteiger partial charge < -0.3 is 5.32 Å². The highest BCUT2D eigenvalue weighted by atomic mass is 79.9. The lowest BCUT2D eigenvalue weighted by Crippen LogP contribution is -2.07. The van der Waals surface area contributed by atoms with E-state index in [0.717, 1.165) is 33.2 Å². The molecule has 0 saturated carbocycles. The Bertz CT molecular complexity index is 580. The van der Waals surface area contributed by atoms with Gasteiger partial charge in [0.05, 0.1) is 15.2 Å². The number of aromatic nitrogens is 3. The van der Waals surface area contributed by atoms with Crippen LogP contribution in [0.15, 0.2) is 9.85 Å². The van der Waals surface area contributed by atoms with Crippen molar-refractivity contribution in [1.29, 1.82) is 0 Å². The maximum absolute atomic E-state index is 4.64. The summed E-state index contributed by atoms with van der Waals surface area (Å²) in [5, 5.41) is 6.29. The molecule has 19 heavy (non-hydrogen) atoms. The summed E-state index contributed by atoms with van der Waals surface area (Å²) < 4.78 is 0.944. The normalized spacial score (nSPS) is 11.1. The van der Waals surface area contributed by atoms with Crippen molar-refractivity contribution in [2.24, 2.45) is 0 Å². The molecule has 0 radical (unpaired) electrons. The van der Waals surface area contributed by atoms with Crippen molar-refractivity contribution in [3.05, 3.63) is 20.6 Å². The zero-order valence-corrected chi connectivity index (χ0v) is 13.9. The first-order valence-corrected chi connectivity index (χ1v) is 7.94. The van der Waals surface area contributed by atoms with E-state index in [1.807, 2.05) is 12.3 Å². The zero-order chi connectivity index (χ0) is 14.0. The molecule has 0 bridgehead atoms. The Hall–Kier alpha value is -1.01. The number of rotatable bonds is 4. The van der Waals surface area contributed by atoms with Crippen LogP contribution in [0.3, 0.4) is 0 Å². The Morgan fingerprint density at radius 2 is 2.05 bits per heavy atom. The molecule has 4 nitrogen and oxygen atoms in total. The molecule has 102 valence electrons. The average molecular weight is 341 g/mol. The predicted molar refractivity (Wildman–Crippen MR) is 83.8 cm³/mol. The van der Waals surface area contributed by atoms with Crippen LogP contribution in [0.5, 0.6) is 0 Å². The molecular formula is C13H17BrN4S. The molecule has 0 aliphatic rings. The quantitative estimate of drug-likeness (QED) is 0.904. The molecule has 0 spiro atoms. The molecular weight excluding hydrogens is 324 g/mol. The molecule has 2 aromatic heterocycles. The first-order chi connectivity index (χ1) is 9.02. The van der Waals surface area contributed by atoms with Gasteiger partial charge in [-0.15, -0.1) is 11.3 Å². The molecule has 0 aliphatic heterocycles. The van der Waals surface area contributed by atoms with Gasteiger partial charge >= 0.3 is 0 Å². The number of aryl methyl sites for hydroxylation is 1. The summed E-state index contributed by atoms with van der Waals surface area (Å²) in [6, 6.07) is 0. The second-order valence-electron chi connectivity index (χ2n) is 4.53. The van der Waals surface area contributed by atoms with Gasteiger partial charge in [0.25, 0.3) is 0 Å². The lowest BCUT2D eigenvalue weighted by Gasteiger charge is -2.13. The smallest absolute Gasteiger partial charge is 0.181 e. The van der Waals surface area contributed by atoms with Gasteiger partial charge in [-0.1, -0.05) is 13.8 Å². The van der Waals surface area contributed by atoms with E-state index in [4.69, 9.17) is 0 Å².